The maximum absolute atomic E-state index is 6.28. The van der Waals surface area contributed by atoms with Gasteiger partial charge in [-0.3, -0.25) is 4.98 Å². The second-order valence-electron chi connectivity index (χ2n) is 5.07. The van der Waals surface area contributed by atoms with Crippen molar-refractivity contribution in [3.8, 4) is 0 Å². The molecule has 4 heteroatoms. The van der Waals surface area contributed by atoms with Crippen molar-refractivity contribution in [3.63, 3.8) is 0 Å². The van der Waals surface area contributed by atoms with E-state index >= 15 is 0 Å². The Morgan fingerprint density at radius 2 is 2.00 bits per heavy atom. The van der Waals surface area contributed by atoms with Crippen LogP contribution in [0.3, 0.4) is 0 Å². The average molecular weight is 289 g/mol. The van der Waals surface area contributed by atoms with Gasteiger partial charge in [-0.15, -0.1) is 0 Å². The Bertz CT molecular complexity index is 571. The minimum Gasteiger partial charge on any atom is -0.397 e. The molecular formula is C16H23N3S. The molecule has 2 rings (SSSR count). The number of nitrogens with two attached hydrogens (primary N) is 1. The molecule has 0 bridgehead atoms. The fourth-order valence-electron chi connectivity index (χ4n) is 2.46. The third kappa shape index (κ3) is 2.85. The Hall–Kier alpha value is -1.42. The summed E-state index contributed by atoms with van der Waals surface area (Å²) < 4.78 is 0.277. The van der Waals surface area contributed by atoms with E-state index in [0.29, 0.717) is 0 Å². The lowest BCUT2D eigenvalue weighted by Crippen LogP contribution is -2.32. The topological polar surface area (TPSA) is 50.9 Å². The molecule has 0 saturated heterocycles. The highest BCUT2D eigenvalue weighted by molar-refractivity contribution is 8.00. The van der Waals surface area contributed by atoms with Crippen molar-refractivity contribution >= 4 is 33.9 Å². The predicted octanol–water partition coefficient (Wildman–Crippen LogP) is 4.15. The zero-order chi connectivity index (χ0) is 14.6. The predicted molar refractivity (Wildman–Crippen MR) is 91.5 cm³/mol. The summed E-state index contributed by atoms with van der Waals surface area (Å²) in [6, 6.07) is 6.09. The first-order valence-electron chi connectivity index (χ1n) is 7.07. The minimum absolute atomic E-state index is 0.277. The standard InChI is InChI=1S/C16H23N3S/c1-4-16(5-2,20-3)11-19-14-7-6-12-10-18-9-8-13(12)15(14)17/h6-10,19H,4-5,11,17H2,1-3H3. The molecule has 108 valence electrons. The van der Waals surface area contributed by atoms with Crippen molar-refractivity contribution in [2.75, 3.05) is 23.9 Å². The number of nitrogen functional groups attached to an aromatic ring is 1. The summed E-state index contributed by atoms with van der Waals surface area (Å²) in [5.41, 5.74) is 8.11. The maximum atomic E-state index is 6.28. The number of nitrogens with one attached hydrogen (secondary N) is 1. The van der Waals surface area contributed by atoms with Gasteiger partial charge in [-0.2, -0.15) is 11.8 Å². The molecule has 0 unspecified atom stereocenters. The smallest absolute Gasteiger partial charge is 0.0630 e. The summed E-state index contributed by atoms with van der Waals surface area (Å²) >= 11 is 1.93. The molecule has 0 atom stereocenters. The van der Waals surface area contributed by atoms with Crippen LogP contribution in [0.2, 0.25) is 0 Å². The van der Waals surface area contributed by atoms with Gasteiger partial charge in [0.15, 0.2) is 0 Å². The lowest BCUT2D eigenvalue weighted by Gasteiger charge is -2.30. The Kier molecular flexibility index (Phi) is 4.76. The highest BCUT2D eigenvalue weighted by atomic mass is 32.2. The third-order valence-corrected chi connectivity index (χ3v) is 5.77. The van der Waals surface area contributed by atoms with Crippen LogP contribution in [0, 0.1) is 0 Å². The average Bonchev–Trinajstić information content (AvgIpc) is 2.51. The van der Waals surface area contributed by atoms with Crippen LogP contribution < -0.4 is 11.1 Å². The molecule has 1 aromatic carbocycles. The summed E-state index contributed by atoms with van der Waals surface area (Å²) in [6.07, 6.45) is 8.11. The third-order valence-electron chi connectivity index (χ3n) is 4.18. The number of hydrogen-bond donors (Lipinski definition) is 2. The number of pyridine rings is 1. The van der Waals surface area contributed by atoms with E-state index in [1.54, 1.807) is 6.20 Å². The Morgan fingerprint density at radius 1 is 1.25 bits per heavy atom. The fraction of sp³-hybridized carbons (Fsp3) is 0.438. The molecule has 1 aromatic heterocycles. The number of fused-ring (bicyclic) bond motifs is 1. The number of aromatic nitrogens is 1. The molecule has 20 heavy (non-hydrogen) atoms. The van der Waals surface area contributed by atoms with Crippen LogP contribution in [0.25, 0.3) is 10.8 Å². The summed E-state index contributed by atoms with van der Waals surface area (Å²) in [4.78, 5) is 4.13. The van der Waals surface area contributed by atoms with Gasteiger partial charge >= 0.3 is 0 Å². The van der Waals surface area contributed by atoms with E-state index in [1.165, 1.54) is 0 Å². The van der Waals surface area contributed by atoms with Crippen LogP contribution in [0.1, 0.15) is 26.7 Å². The number of benzene rings is 1. The molecule has 0 aliphatic carbocycles. The largest absolute Gasteiger partial charge is 0.397 e. The van der Waals surface area contributed by atoms with Gasteiger partial charge < -0.3 is 11.1 Å². The van der Waals surface area contributed by atoms with E-state index < -0.39 is 0 Å². The SMILES string of the molecule is CCC(CC)(CNc1ccc2cnccc2c1N)SC. The fourth-order valence-corrected chi connectivity index (χ4v) is 3.26. The number of thioether (sulfide) groups is 1. The van der Waals surface area contributed by atoms with Crippen molar-refractivity contribution in [3.05, 3.63) is 30.6 Å². The number of rotatable bonds is 6. The summed E-state index contributed by atoms with van der Waals surface area (Å²) in [7, 11) is 0. The van der Waals surface area contributed by atoms with Crippen molar-refractivity contribution in [1.29, 1.82) is 0 Å². The number of anilines is 2. The Balaban J connectivity index is 2.24. The summed E-state index contributed by atoms with van der Waals surface area (Å²) in [6.45, 7) is 5.43. The monoisotopic (exact) mass is 289 g/mol. The lowest BCUT2D eigenvalue weighted by atomic mass is 10.0. The van der Waals surface area contributed by atoms with Gasteiger partial charge in [-0.1, -0.05) is 19.9 Å². The molecule has 0 aliphatic heterocycles. The summed E-state index contributed by atoms with van der Waals surface area (Å²) in [5, 5.41) is 5.68. The van der Waals surface area contributed by atoms with Gasteiger partial charge in [0.1, 0.15) is 0 Å². The maximum Gasteiger partial charge on any atom is 0.0630 e. The van der Waals surface area contributed by atoms with Crippen molar-refractivity contribution in [2.45, 2.75) is 31.4 Å². The van der Waals surface area contributed by atoms with Crippen LogP contribution in [-0.4, -0.2) is 22.5 Å². The van der Waals surface area contributed by atoms with Crippen LogP contribution in [0.4, 0.5) is 11.4 Å². The van der Waals surface area contributed by atoms with Gasteiger partial charge in [-0.25, -0.2) is 0 Å². The number of hydrogen-bond acceptors (Lipinski definition) is 4. The van der Waals surface area contributed by atoms with Crippen LogP contribution >= 0.6 is 11.8 Å². The van der Waals surface area contributed by atoms with Crippen LogP contribution in [0.15, 0.2) is 30.6 Å². The van der Waals surface area contributed by atoms with Crippen LogP contribution in [-0.2, 0) is 0 Å². The lowest BCUT2D eigenvalue weighted by molar-refractivity contribution is 0.575. The first kappa shape index (κ1) is 15.0. The van der Waals surface area contributed by atoms with Crippen LogP contribution in [0.5, 0.6) is 0 Å². The molecule has 0 saturated carbocycles. The Morgan fingerprint density at radius 3 is 2.65 bits per heavy atom. The van der Waals surface area contributed by atoms with Gasteiger partial charge in [0.2, 0.25) is 0 Å². The van der Waals surface area contributed by atoms with E-state index in [-0.39, 0.29) is 4.75 Å². The molecule has 0 radical (unpaired) electrons. The molecule has 2 aromatic rings. The molecule has 3 N–H and O–H groups in total. The molecule has 0 fully saturated rings. The number of nitrogens with zero attached hydrogens (tertiary/aromatic N) is 1. The zero-order valence-electron chi connectivity index (χ0n) is 12.4. The van der Waals surface area contributed by atoms with Crippen molar-refractivity contribution < 1.29 is 0 Å². The second-order valence-corrected chi connectivity index (χ2v) is 6.35. The van der Waals surface area contributed by atoms with E-state index in [4.69, 9.17) is 5.73 Å². The van der Waals surface area contributed by atoms with Gasteiger partial charge in [0.25, 0.3) is 0 Å². The van der Waals surface area contributed by atoms with Crippen molar-refractivity contribution in [1.82, 2.24) is 4.98 Å². The normalized spacial score (nSPS) is 11.8. The van der Waals surface area contributed by atoms with Gasteiger partial charge in [-0.05, 0) is 31.2 Å². The first-order valence-corrected chi connectivity index (χ1v) is 8.29. The van der Waals surface area contributed by atoms with Gasteiger partial charge in [0.05, 0.1) is 11.4 Å². The molecule has 0 spiro atoms. The molecule has 3 nitrogen and oxygen atoms in total. The van der Waals surface area contributed by atoms with Gasteiger partial charge in [0, 0.05) is 34.5 Å². The second kappa shape index (κ2) is 6.35. The molecular weight excluding hydrogens is 266 g/mol. The van der Waals surface area contributed by atoms with E-state index in [2.05, 4.69) is 42.5 Å². The molecule has 0 aliphatic rings. The molecule has 0 amide bonds. The highest BCUT2D eigenvalue weighted by Gasteiger charge is 2.24. The summed E-state index contributed by atoms with van der Waals surface area (Å²) in [5.74, 6) is 0. The quantitative estimate of drug-likeness (QED) is 0.784. The molecule has 1 heterocycles. The van der Waals surface area contributed by atoms with Crippen molar-refractivity contribution in [2.24, 2.45) is 0 Å². The Labute approximate surface area is 125 Å². The van der Waals surface area contributed by atoms with E-state index in [1.807, 2.05) is 24.0 Å². The zero-order valence-corrected chi connectivity index (χ0v) is 13.3. The first-order chi connectivity index (χ1) is 9.65. The van der Waals surface area contributed by atoms with E-state index in [0.717, 1.165) is 41.5 Å². The minimum atomic E-state index is 0.277. The highest BCUT2D eigenvalue weighted by Crippen LogP contribution is 2.33. The van der Waals surface area contributed by atoms with E-state index in [9.17, 15) is 0 Å².